The Balaban J connectivity index is 2.04. The minimum atomic E-state index is -0.427. The number of benzene rings is 1. The number of nitrogens with zero attached hydrogens (tertiary/aromatic N) is 2. The number of halogens is 1. The summed E-state index contributed by atoms with van der Waals surface area (Å²) in [6, 6.07) is 5.73. The van der Waals surface area contributed by atoms with E-state index in [1.165, 1.54) is 0 Å². The summed E-state index contributed by atoms with van der Waals surface area (Å²) in [5.41, 5.74) is 2.52. The Morgan fingerprint density at radius 2 is 2.27 bits per heavy atom. The normalized spacial score (nSPS) is 15.5. The van der Waals surface area contributed by atoms with Crippen LogP contribution in [0.5, 0.6) is 5.75 Å². The number of carbonyl (C=O) groups excluding carboxylic acids is 1. The largest absolute Gasteiger partial charge is 0.484 e. The van der Waals surface area contributed by atoms with E-state index in [9.17, 15) is 4.79 Å². The molecule has 1 atom stereocenters. The number of rotatable bonds is 3. The van der Waals surface area contributed by atoms with Crippen LogP contribution in [0.2, 0.25) is 0 Å². The van der Waals surface area contributed by atoms with Gasteiger partial charge in [-0.05, 0) is 32.0 Å². The van der Waals surface area contributed by atoms with E-state index in [0.29, 0.717) is 18.2 Å². The van der Waals surface area contributed by atoms with E-state index in [4.69, 9.17) is 9.47 Å². The van der Waals surface area contributed by atoms with Crippen molar-refractivity contribution in [2.24, 2.45) is 0 Å². The third kappa shape index (κ3) is 2.83. The van der Waals surface area contributed by atoms with Crippen LogP contribution in [0, 0.1) is 6.92 Å². The van der Waals surface area contributed by atoms with Crippen LogP contribution >= 0.6 is 15.9 Å². The molecule has 0 aliphatic carbocycles. The molecule has 5 nitrogen and oxygen atoms in total. The van der Waals surface area contributed by atoms with Crippen molar-refractivity contribution in [3.63, 3.8) is 0 Å². The summed E-state index contributed by atoms with van der Waals surface area (Å²) in [6.07, 6.45) is 1.44. The zero-order chi connectivity index (χ0) is 15.7. The number of hydrogen-bond donors (Lipinski definition) is 0. The molecule has 1 aliphatic heterocycles. The van der Waals surface area contributed by atoms with Crippen molar-refractivity contribution in [3.05, 3.63) is 40.3 Å². The highest BCUT2D eigenvalue weighted by atomic mass is 79.9. The molecule has 0 radical (unpaired) electrons. The lowest BCUT2D eigenvalue weighted by Gasteiger charge is -2.27. The van der Waals surface area contributed by atoms with Gasteiger partial charge in [-0.1, -0.05) is 15.9 Å². The third-order valence-corrected chi connectivity index (χ3v) is 3.90. The van der Waals surface area contributed by atoms with Crippen LogP contribution in [0.15, 0.2) is 28.9 Å². The van der Waals surface area contributed by atoms with Crippen LogP contribution in [0.4, 0.5) is 0 Å². The number of hydrogen-bond acceptors (Lipinski definition) is 5. The molecular formula is C16H15BrN2O3. The maximum atomic E-state index is 11.8. The molecule has 1 aliphatic rings. The van der Waals surface area contributed by atoms with Crippen molar-refractivity contribution in [2.75, 3.05) is 6.61 Å². The second-order valence-corrected chi connectivity index (χ2v) is 5.89. The first kappa shape index (κ1) is 15.0. The summed E-state index contributed by atoms with van der Waals surface area (Å²) in [7, 11) is 0. The fourth-order valence-corrected chi connectivity index (χ4v) is 2.82. The zero-order valence-corrected chi connectivity index (χ0v) is 13.9. The number of esters is 1. The summed E-state index contributed by atoms with van der Waals surface area (Å²) in [4.78, 5) is 20.6. The summed E-state index contributed by atoms with van der Waals surface area (Å²) in [5.74, 6) is 1.10. The average molecular weight is 363 g/mol. The monoisotopic (exact) mass is 362 g/mol. The molecule has 2 aromatic rings. The van der Waals surface area contributed by atoms with E-state index in [-0.39, 0.29) is 12.4 Å². The van der Waals surface area contributed by atoms with E-state index in [2.05, 4.69) is 25.9 Å². The number of fused-ring (bicyclic) bond motifs is 3. The summed E-state index contributed by atoms with van der Waals surface area (Å²) < 4.78 is 11.9. The van der Waals surface area contributed by atoms with Crippen molar-refractivity contribution in [3.8, 4) is 17.0 Å². The molecule has 0 bridgehead atoms. The fourth-order valence-electron chi connectivity index (χ4n) is 2.46. The van der Waals surface area contributed by atoms with Crippen molar-refractivity contribution < 1.29 is 14.3 Å². The summed E-state index contributed by atoms with van der Waals surface area (Å²) >= 11 is 3.46. The predicted octanol–water partition coefficient (Wildman–Crippen LogP) is 3.60. The molecule has 0 saturated carbocycles. The number of carbonyl (C=O) groups is 1. The molecule has 114 valence electrons. The Hall–Kier alpha value is -1.95. The van der Waals surface area contributed by atoms with Crippen molar-refractivity contribution in [2.45, 2.75) is 26.4 Å². The molecule has 1 aromatic heterocycles. The lowest BCUT2D eigenvalue weighted by atomic mass is 9.97. The first-order valence-electron chi connectivity index (χ1n) is 7.04. The fraction of sp³-hybridized carbons (Fsp3) is 0.312. The lowest BCUT2D eigenvalue weighted by molar-refractivity contribution is -0.145. The number of aryl methyl sites for hydroxylation is 1. The van der Waals surface area contributed by atoms with Gasteiger partial charge >= 0.3 is 5.97 Å². The first-order chi connectivity index (χ1) is 10.6. The molecule has 3 rings (SSSR count). The molecule has 2 heterocycles. The van der Waals surface area contributed by atoms with Gasteiger partial charge in [0.1, 0.15) is 17.7 Å². The third-order valence-electron chi connectivity index (χ3n) is 3.41. The zero-order valence-electron chi connectivity index (χ0n) is 12.3. The van der Waals surface area contributed by atoms with Crippen LogP contribution in [-0.4, -0.2) is 22.5 Å². The van der Waals surface area contributed by atoms with Gasteiger partial charge in [0.25, 0.3) is 0 Å². The van der Waals surface area contributed by atoms with Gasteiger partial charge in [-0.25, -0.2) is 9.97 Å². The van der Waals surface area contributed by atoms with E-state index in [0.717, 1.165) is 21.3 Å². The van der Waals surface area contributed by atoms with E-state index in [1.807, 2.05) is 25.1 Å². The molecule has 0 fully saturated rings. The highest BCUT2D eigenvalue weighted by molar-refractivity contribution is 9.10. The Morgan fingerprint density at radius 1 is 1.45 bits per heavy atom. The molecule has 1 unspecified atom stereocenters. The Kier molecular flexibility index (Phi) is 4.11. The predicted molar refractivity (Wildman–Crippen MR) is 84.5 cm³/mol. The first-order valence-corrected chi connectivity index (χ1v) is 7.83. The van der Waals surface area contributed by atoms with Crippen LogP contribution in [0.25, 0.3) is 11.3 Å². The average Bonchev–Trinajstić information content (AvgIpc) is 2.48. The molecule has 0 saturated heterocycles. The van der Waals surface area contributed by atoms with Crippen LogP contribution in [0.1, 0.15) is 30.8 Å². The van der Waals surface area contributed by atoms with E-state index >= 15 is 0 Å². The Morgan fingerprint density at radius 3 is 3.05 bits per heavy atom. The van der Waals surface area contributed by atoms with Crippen molar-refractivity contribution in [1.29, 1.82) is 0 Å². The van der Waals surface area contributed by atoms with Crippen LogP contribution < -0.4 is 4.74 Å². The minimum Gasteiger partial charge on any atom is -0.484 e. The van der Waals surface area contributed by atoms with Gasteiger partial charge in [0.05, 0.1) is 18.7 Å². The number of ether oxygens (including phenoxy) is 2. The molecule has 22 heavy (non-hydrogen) atoms. The van der Waals surface area contributed by atoms with Gasteiger partial charge in [-0.3, -0.25) is 4.79 Å². The highest BCUT2D eigenvalue weighted by Gasteiger charge is 2.30. The number of aromatic nitrogens is 2. The van der Waals surface area contributed by atoms with Crippen LogP contribution in [0.3, 0.4) is 0 Å². The van der Waals surface area contributed by atoms with E-state index < -0.39 is 6.10 Å². The SMILES string of the molecule is CCOC(=O)CC1Oc2ccc(Br)cc2-c2nc(C)ncc21. The van der Waals surface area contributed by atoms with E-state index in [1.54, 1.807) is 13.1 Å². The maximum absolute atomic E-state index is 11.8. The molecule has 0 N–H and O–H groups in total. The second-order valence-electron chi connectivity index (χ2n) is 4.98. The minimum absolute atomic E-state index is 0.142. The molecular weight excluding hydrogens is 348 g/mol. The van der Waals surface area contributed by atoms with Crippen molar-refractivity contribution >= 4 is 21.9 Å². The quantitative estimate of drug-likeness (QED) is 0.780. The van der Waals surface area contributed by atoms with Crippen molar-refractivity contribution in [1.82, 2.24) is 9.97 Å². The second kappa shape index (κ2) is 6.04. The Bertz CT molecular complexity index is 733. The molecule has 1 aromatic carbocycles. The molecule has 0 amide bonds. The molecule has 0 spiro atoms. The Labute approximate surface area is 136 Å². The smallest absolute Gasteiger partial charge is 0.309 e. The highest BCUT2D eigenvalue weighted by Crippen LogP contribution is 2.43. The summed E-state index contributed by atoms with van der Waals surface area (Å²) in [6.45, 7) is 3.98. The topological polar surface area (TPSA) is 61.3 Å². The van der Waals surface area contributed by atoms with Gasteiger partial charge in [0.15, 0.2) is 0 Å². The van der Waals surface area contributed by atoms with Gasteiger partial charge in [0, 0.05) is 21.8 Å². The lowest BCUT2D eigenvalue weighted by Crippen LogP contribution is -2.20. The standard InChI is InChI=1S/C16H15BrN2O3/c1-3-21-15(20)7-14-12-8-18-9(2)19-16(12)11-6-10(17)4-5-13(11)22-14/h4-6,8,14H,3,7H2,1-2H3. The van der Waals surface area contributed by atoms with Gasteiger partial charge in [-0.15, -0.1) is 0 Å². The van der Waals surface area contributed by atoms with Gasteiger partial charge < -0.3 is 9.47 Å². The van der Waals surface area contributed by atoms with Gasteiger partial charge in [-0.2, -0.15) is 0 Å². The maximum Gasteiger partial charge on any atom is 0.309 e. The van der Waals surface area contributed by atoms with Gasteiger partial charge in [0.2, 0.25) is 0 Å². The summed E-state index contributed by atoms with van der Waals surface area (Å²) in [5, 5.41) is 0. The van der Waals surface area contributed by atoms with Crippen LogP contribution in [-0.2, 0) is 9.53 Å². The molecule has 6 heteroatoms.